The van der Waals surface area contributed by atoms with Crippen molar-refractivity contribution < 1.29 is 8.42 Å². The predicted molar refractivity (Wildman–Crippen MR) is 81.8 cm³/mol. The molecule has 7 nitrogen and oxygen atoms in total. The Morgan fingerprint density at radius 1 is 1.43 bits per heavy atom. The van der Waals surface area contributed by atoms with Crippen molar-refractivity contribution in [3.05, 3.63) is 39.9 Å². The van der Waals surface area contributed by atoms with E-state index in [0.717, 1.165) is 11.1 Å². The second kappa shape index (κ2) is 6.22. The molecule has 21 heavy (non-hydrogen) atoms. The molecular weight excluding hydrogens is 358 g/mol. The molecule has 0 radical (unpaired) electrons. The molecule has 0 aliphatic heterocycles. The van der Waals surface area contributed by atoms with Crippen molar-refractivity contribution >= 4 is 26.0 Å². The maximum absolute atomic E-state index is 12.4. The average Bonchev–Trinajstić information content (AvgIpc) is 2.84. The Balaban J connectivity index is 2.31. The summed E-state index contributed by atoms with van der Waals surface area (Å²) in [5.74, 6) is 0.529. The summed E-state index contributed by atoms with van der Waals surface area (Å²) in [6, 6.07) is 3.42. The molecule has 2 aromatic rings. The molecule has 114 valence electrons. The van der Waals surface area contributed by atoms with Crippen LogP contribution in [0.3, 0.4) is 0 Å². The second-order valence-electron chi connectivity index (χ2n) is 4.61. The van der Waals surface area contributed by atoms with Crippen LogP contribution in [-0.4, -0.2) is 23.2 Å². The normalized spacial score (nSPS) is 11.8. The summed E-state index contributed by atoms with van der Waals surface area (Å²) in [6.45, 7) is 2.17. The fraction of sp³-hybridized carbons (Fsp3) is 0.333. The van der Waals surface area contributed by atoms with Gasteiger partial charge in [-0.1, -0.05) is 6.07 Å². The minimum atomic E-state index is -3.67. The van der Waals surface area contributed by atoms with Gasteiger partial charge in [0, 0.05) is 18.1 Å². The van der Waals surface area contributed by atoms with E-state index in [0.29, 0.717) is 10.3 Å². The number of nitrogens with two attached hydrogens (primary N) is 1. The molecule has 0 amide bonds. The van der Waals surface area contributed by atoms with E-state index in [9.17, 15) is 8.42 Å². The molecule has 0 aliphatic carbocycles. The summed E-state index contributed by atoms with van der Waals surface area (Å²) >= 11 is 3.32. The number of rotatable bonds is 5. The zero-order valence-electron chi connectivity index (χ0n) is 11.7. The fourth-order valence-electron chi connectivity index (χ4n) is 1.83. The molecule has 0 fully saturated rings. The highest BCUT2D eigenvalue weighted by molar-refractivity contribution is 9.10. The number of sulfonamides is 1. The highest BCUT2D eigenvalue weighted by Crippen LogP contribution is 2.27. The van der Waals surface area contributed by atoms with Crippen molar-refractivity contribution in [2.75, 3.05) is 0 Å². The van der Waals surface area contributed by atoms with E-state index in [1.165, 1.54) is 6.33 Å². The Morgan fingerprint density at radius 2 is 2.14 bits per heavy atom. The van der Waals surface area contributed by atoms with Crippen molar-refractivity contribution in [1.82, 2.24) is 19.5 Å². The van der Waals surface area contributed by atoms with E-state index in [2.05, 4.69) is 30.8 Å². The van der Waals surface area contributed by atoms with E-state index < -0.39 is 10.0 Å². The molecule has 0 saturated heterocycles. The summed E-state index contributed by atoms with van der Waals surface area (Å²) in [4.78, 5) is 0.171. The van der Waals surface area contributed by atoms with Gasteiger partial charge >= 0.3 is 0 Å². The topological polar surface area (TPSA) is 103 Å². The van der Waals surface area contributed by atoms with Crippen LogP contribution in [0.2, 0.25) is 0 Å². The zero-order chi connectivity index (χ0) is 15.6. The third-order valence-corrected chi connectivity index (χ3v) is 5.77. The third kappa shape index (κ3) is 3.49. The second-order valence-corrected chi connectivity index (χ2v) is 7.14. The highest BCUT2D eigenvalue weighted by Gasteiger charge is 2.20. The van der Waals surface area contributed by atoms with Gasteiger partial charge in [0.2, 0.25) is 10.0 Å². The molecule has 0 spiro atoms. The predicted octanol–water partition coefficient (Wildman–Crippen LogP) is 0.823. The van der Waals surface area contributed by atoms with Crippen molar-refractivity contribution in [1.29, 1.82) is 0 Å². The summed E-state index contributed by atoms with van der Waals surface area (Å²) in [5, 5.41) is 7.55. The van der Waals surface area contributed by atoms with Crippen LogP contribution in [0.4, 0.5) is 0 Å². The first kappa shape index (κ1) is 16.1. The number of hydrogen-bond acceptors (Lipinski definition) is 5. The van der Waals surface area contributed by atoms with Crippen LogP contribution in [0, 0.1) is 6.92 Å². The Bertz CT molecular complexity index is 757. The van der Waals surface area contributed by atoms with E-state index in [1.807, 2.05) is 13.0 Å². The third-order valence-electron chi connectivity index (χ3n) is 3.03. The van der Waals surface area contributed by atoms with Crippen molar-refractivity contribution in [3.8, 4) is 0 Å². The van der Waals surface area contributed by atoms with Gasteiger partial charge in [-0.15, -0.1) is 10.2 Å². The molecule has 2 rings (SSSR count). The Kier molecular flexibility index (Phi) is 4.77. The number of nitrogens with one attached hydrogen (secondary N) is 1. The first-order valence-corrected chi connectivity index (χ1v) is 8.44. The Labute approximate surface area is 131 Å². The lowest BCUT2D eigenvalue weighted by Crippen LogP contribution is -2.25. The molecule has 0 bridgehead atoms. The van der Waals surface area contributed by atoms with Crippen LogP contribution in [-0.2, 0) is 30.2 Å². The Hall–Kier alpha value is -1.29. The minimum absolute atomic E-state index is 0.0666. The maximum Gasteiger partial charge on any atom is 0.242 e. The number of nitrogens with zero attached hydrogens (tertiary/aromatic N) is 3. The summed E-state index contributed by atoms with van der Waals surface area (Å²) in [6.07, 6.45) is 1.51. The molecule has 0 unspecified atom stereocenters. The van der Waals surface area contributed by atoms with Crippen LogP contribution in [0.5, 0.6) is 0 Å². The quantitative estimate of drug-likeness (QED) is 0.807. The van der Waals surface area contributed by atoms with Crippen LogP contribution < -0.4 is 10.5 Å². The molecular formula is C12H16BrN5O2S. The summed E-state index contributed by atoms with van der Waals surface area (Å²) in [5.41, 5.74) is 7.18. The molecule has 1 aromatic carbocycles. The number of benzene rings is 1. The highest BCUT2D eigenvalue weighted by atomic mass is 79.9. The monoisotopic (exact) mass is 373 g/mol. The molecule has 0 saturated carbocycles. The molecule has 9 heteroatoms. The van der Waals surface area contributed by atoms with Crippen molar-refractivity contribution in [3.63, 3.8) is 0 Å². The molecule has 0 atom stereocenters. The van der Waals surface area contributed by atoms with Gasteiger partial charge < -0.3 is 10.3 Å². The molecule has 3 N–H and O–H groups in total. The average molecular weight is 374 g/mol. The van der Waals surface area contributed by atoms with Gasteiger partial charge in [0.1, 0.15) is 12.2 Å². The van der Waals surface area contributed by atoms with E-state index in [-0.39, 0.29) is 18.0 Å². The van der Waals surface area contributed by atoms with Crippen molar-refractivity contribution in [2.24, 2.45) is 12.8 Å². The van der Waals surface area contributed by atoms with Gasteiger partial charge in [0.25, 0.3) is 0 Å². The maximum atomic E-state index is 12.4. The van der Waals surface area contributed by atoms with Gasteiger partial charge in [0.15, 0.2) is 0 Å². The minimum Gasteiger partial charge on any atom is -0.326 e. The summed E-state index contributed by atoms with van der Waals surface area (Å²) < 4.78 is 29.6. The van der Waals surface area contributed by atoms with Gasteiger partial charge in [-0.05, 0) is 40.0 Å². The lowest BCUT2D eigenvalue weighted by atomic mass is 10.1. The fourth-order valence-corrected chi connectivity index (χ4v) is 3.87. The zero-order valence-corrected chi connectivity index (χ0v) is 14.1. The Morgan fingerprint density at radius 3 is 2.71 bits per heavy atom. The molecule has 1 aromatic heterocycles. The largest absolute Gasteiger partial charge is 0.326 e. The smallest absolute Gasteiger partial charge is 0.242 e. The lowest BCUT2D eigenvalue weighted by molar-refractivity contribution is 0.576. The molecule has 1 heterocycles. The van der Waals surface area contributed by atoms with Gasteiger partial charge in [-0.2, -0.15) is 0 Å². The van der Waals surface area contributed by atoms with Gasteiger partial charge in [-0.3, -0.25) is 0 Å². The van der Waals surface area contributed by atoms with Crippen LogP contribution in [0.25, 0.3) is 0 Å². The van der Waals surface area contributed by atoms with Crippen molar-refractivity contribution in [2.45, 2.75) is 24.9 Å². The molecule has 0 aliphatic rings. The standard InChI is InChI=1S/C12H16BrN5O2S/c1-8-3-9(5-14)4-10(12(8)13)21(19,20)16-6-11-17-15-7-18(11)2/h3-4,7,16H,5-6,14H2,1-2H3. The SMILES string of the molecule is Cc1cc(CN)cc(S(=O)(=O)NCc2nncn2C)c1Br. The lowest BCUT2D eigenvalue weighted by Gasteiger charge is -2.12. The number of hydrogen-bond donors (Lipinski definition) is 2. The number of halogens is 1. The number of aromatic nitrogens is 3. The van der Waals surface area contributed by atoms with Crippen LogP contribution >= 0.6 is 15.9 Å². The van der Waals surface area contributed by atoms with Gasteiger partial charge in [0.05, 0.1) is 11.4 Å². The van der Waals surface area contributed by atoms with Crippen LogP contribution in [0.15, 0.2) is 27.8 Å². The van der Waals surface area contributed by atoms with E-state index in [1.54, 1.807) is 17.7 Å². The van der Waals surface area contributed by atoms with Gasteiger partial charge in [-0.25, -0.2) is 13.1 Å². The first-order chi connectivity index (χ1) is 9.85. The number of aryl methyl sites for hydroxylation is 2. The van der Waals surface area contributed by atoms with E-state index >= 15 is 0 Å². The van der Waals surface area contributed by atoms with Crippen LogP contribution in [0.1, 0.15) is 17.0 Å². The first-order valence-electron chi connectivity index (χ1n) is 6.16. The summed E-state index contributed by atoms with van der Waals surface area (Å²) in [7, 11) is -1.92. The van der Waals surface area contributed by atoms with E-state index in [4.69, 9.17) is 5.73 Å².